The van der Waals surface area contributed by atoms with Crippen molar-refractivity contribution in [3.63, 3.8) is 0 Å². The van der Waals surface area contributed by atoms with Crippen LogP contribution in [0.2, 0.25) is 0 Å². The van der Waals surface area contributed by atoms with Gasteiger partial charge >= 0.3 is 0 Å². The molecule has 0 aliphatic carbocycles. The van der Waals surface area contributed by atoms with Crippen molar-refractivity contribution in [2.75, 3.05) is 12.4 Å². The minimum atomic E-state index is -0.794. The van der Waals surface area contributed by atoms with Crippen LogP contribution in [0.15, 0.2) is 30.5 Å². The lowest BCUT2D eigenvalue weighted by Crippen LogP contribution is -2.24. The smallest absolute Gasteiger partial charge is 0.254 e. The summed E-state index contributed by atoms with van der Waals surface area (Å²) in [4.78, 5) is 15.6. The molecule has 1 aromatic heterocycles. The van der Waals surface area contributed by atoms with E-state index in [1.165, 1.54) is 25.4 Å². The van der Waals surface area contributed by atoms with Crippen LogP contribution in [0.5, 0.6) is 0 Å². The third-order valence-electron chi connectivity index (χ3n) is 2.83. The molecular weight excluding hydrogens is 283 g/mol. The third kappa shape index (κ3) is 3.31. The molecule has 0 bridgehead atoms. The van der Waals surface area contributed by atoms with Gasteiger partial charge in [0.25, 0.3) is 5.91 Å². The zero-order chi connectivity index (χ0) is 15.4. The lowest BCUT2D eigenvalue weighted by atomic mass is 10.2. The number of rotatable bonds is 4. The molecule has 1 heterocycles. The highest BCUT2D eigenvalue weighted by molar-refractivity contribution is 5.95. The van der Waals surface area contributed by atoms with Gasteiger partial charge in [0.2, 0.25) is 0 Å². The van der Waals surface area contributed by atoms with Crippen LogP contribution in [-0.4, -0.2) is 17.9 Å². The van der Waals surface area contributed by atoms with Crippen LogP contribution in [0.4, 0.5) is 19.0 Å². The minimum absolute atomic E-state index is 0.0596. The second-order valence-electron chi connectivity index (χ2n) is 4.19. The fraction of sp³-hybridized carbons (Fsp3) is 0.143. The Balaban J connectivity index is 2.12. The molecule has 0 fully saturated rings. The molecular formula is C14H12F3N3O. The van der Waals surface area contributed by atoms with E-state index in [9.17, 15) is 18.0 Å². The summed E-state index contributed by atoms with van der Waals surface area (Å²) in [6, 6.07) is 4.23. The van der Waals surface area contributed by atoms with Crippen molar-refractivity contribution in [1.29, 1.82) is 0 Å². The van der Waals surface area contributed by atoms with Crippen LogP contribution in [0.3, 0.4) is 0 Å². The Kier molecular flexibility index (Phi) is 4.42. The summed E-state index contributed by atoms with van der Waals surface area (Å²) in [5, 5.41) is 4.88. The molecule has 1 aromatic carbocycles. The van der Waals surface area contributed by atoms with Crippen molar-refractivity contribution >= 4 is 11.7 Å². The van der Waals surface area contributed by atoms with Gasteiger partial charge < -0.3 is 10.6 Å². The second-order valence-corrected chi connectivity index (χ2v) is 4.19. The fourth-order valence-corrected chi connectivity index (χ4v) is 1.73. The maximum Gasteiger partial charge on any atom is 0.254 e. The Labute approximate surface area is 119 Å². The molecule has 0 saturated carbocycles. The number of carbonyl (C=O) groups is 1. The molecule has 110 valence electrons. The summed E-state index contributed by atoms with van der Waals surface area (Å²) in [6.45, 7) is -0.179. The maximum atomic E-state index is 13.9. The van der Waals surface area contributed by atoms with E-state index in [2.05, 4.69) is 15.6 Å². The van der Waals surface area contributed by atoms with Crippen LogP contribution in [0.1, 0.15) is 15.9 Å². The van der Waals surface area contributed by atoms with E-state index in [4.69, 9.17) is 0 Å². The quantitative estimate of drug-likeness (QED) is 0.911. The van der Waals surface area contributed by atoms with Gasteiger partial charge in [-0.15, -0.1) is 0 Å². The van der Waals surface area contributed by atoms with Gasteiger partial charge in [0, 0.05) is 31.4 Å². The first-order valence-corrected chi connectivity index (χ1v) is 6.07. The van der Waals surface area contributed by atoms with Gasteiger partial charge in [0.05, 0.1) is 5.56 Å². The van der Waals surface area contributed by atoms with Crippen LogP contribution in [-0.2, 0) is 6.54 Å². The maximum absolute atomic E-state index is 13.9. The van der Waals surface area contributed by atoms with Gasteiger partial charge in [-0.05, 0) is 12.1 Å². The highest BCUT2D eigenvalue weighted by Gasteiger charge is 2.15. The molecule has 2 aromatic rings. The summed E-state index contributed by atoms with van der Waals surface area (Å²) in [7, 11) is 1.47. The van der Waals surface area contributed by atoms with Crippen LogP contribution < -0.4 is 10.6 Å². The number of anilines is 1. The topological polar surface area (TPSA) is 54.0 Å². The predicted molar refractivity (Wildman–Crippen MR) is 71.3 cm³/mol. The van der Waals surface area contributed by atoms with E-state index < -0.39 is 23.4 Å². The number of pyridine rings is 1. The molecule has 2 rings (SSSR count). The van der Waals surface area contributed by atoms with Gasteiger partial charge in [0.1, 0.15) is 11.6 Å². The van der Waals surface area contributed by atoms with Crippen molar-refractivity contribution in [2.24, 2.45) is 0 Å². The molecule has 21 heavy (non-hydrogen) atoms. The number of nitrogens with one attached hydrogen (secondary N) is 2. The molecule has 0 atom stereocenters. The normalized spacial score (nSPS) is 10.3. The number of hydrogen-bond donors (Lipinski definition) is 2. The first-order valence-electron chi connectivity index (χ1n) is 6.07. The first kappa shape index (κ1) is 14.8. The summed E-state index contributed by atoms with van der Waals surface area (Å²) in [5.41, 5.74) is -0.107. The summed E-state index contributed by atoms with van der Waals surface area (Å²) >= 11 is 0. The molecule has 0 aliphatic rings. The number of carbonyl (C=O) groups excluding carboxylic acids is 1. The lowest BCUT2D eigenvalue weighted by Gasteiger charge is -2.09. The Bertz CT molecular complexity index is 677. The molecule has 0 unspecified atom stereocenters. The van der Waals surface area contributed by atoms with Gasteiger partial charge in [-0.25, -0.2) is 18.2 Å². The number of hydrogen-bond acceptors (Lipinski definition) is 3. The number of benzene rings is 1. The van der Waals surface area contributed by atoms with Crippen molar-refractivity contribution in [2.45, 2.75) is 6.54 Å². The standard InChI is InChI=1S/C14H12F3N3O/c1-18-13-12(17)10(4-5-19-13)14(21)20-7-8-2-3-9(15)6-11(8)16/h2-6H,7H2,1H3,(H,18,19)(H,20,21). The minimum Gasteiger partial charge on any atom is -0.371 e. The monoisotopic (exact) mass is 295 g/mol. The first-order chi connectivity index (χ1) is 10.0. The molecule has 4 nitrogen and oxygen atoms in total. The Morgan fingerprint density at radius 1 is 1.24 bits per heavy atom. The average molecular weight is 295 g/mol. The van der Waals surface area contributed by atoms with Gasteiger partial charge in [-0.3, -0.25) is 4.79 Å². The molecule has 7 heteroatoms. The molecule has 0 spiro atoms. The summed E-state index contributed by atoms with van der Waals surface area (Å²) < 4.78 is 40.0. The lowest BCUT2D eigenvalue weighted by molar-refractivity contribution is 0.0946. The molecule has 1 amide bonds. The van der Waals surface area contributed by atoms with Crippen LogP contribution in [0, 0.1) is 17.5 Å². The predicted octanol–water partition coefficient (Wildman–Crippen LogP) is 2.47. The van der Waals surface area contributed by atoms with E-state index in [1.807, 2.05) is 0 Å². The number of nitrogens with zero attached hydrogens (tertiary/aromatic N) is 1. The van der Waals surface area contributed by atoms with Crippen molar-refractivity contribution in [3.8, 4) is 0 Å². The van der Waals surface area contributed by atoms with Crippen molar-refractivity contribution in [3.05, 3.63) is 59.0 Å². The largest absolute Gasteiger partial charge is 0.371 e. The van der Waals surface area contributed by atoms with Gasteiger partial charge in [0.15, 0.2) is 11.6 Å². The van der Waals surface area contributed by atoms with E-state index in [1.54, 1.807) is 0 Å². The molecule has 0 saturated heterocycles. The molecule has 0 radical (unpaired) electrons. The third-order valence-corrected chi connectivity index (χ3v) is 2.83. The zero-order valence-corrected chi connectivity index (χ0v) is 11.1. The van der Waals surface area contributed by atoms with Crippen molar-refractivity contribution < 1.29 is 18.0 Å². The number of halogens is 3. The van der Waals surface area contributed by atoms with Crippen LogP contribution >= 0.6 is 0 Å². The molecule has 0 aliphatic heterocycles. The van der Waals surface area contributed by atoms with Gasteiger partial charge in [-0.2, -0.15) is 0 Å². The number of aromatic nitrogens is 1. The zero-order valence-electron chi connectivity index (χ0n) is 11.1. The summed E-state index contributed by atoms with van der Waals surface area (Å²) in [5.74, 6) is -3.05. The van der Waals surface area contributed by atoms with Gasteiger partial charge in [-0.1, -0.05) is 6.07 Å². The highest BCUT2D eigenvalue weighted by atomic mass is 19.1. The molecule has 2 N–H and O–H groups in total. The fourth-order valence-electron chi connectivity index (χ4n) is 1.73. The Morgan fingerprint density at radius 3 is 2.67 bits per heavy atom. The van der Waals surface area contributed by atoms with Crippen molar-refractivity contribution in [1.82, 2.24) is 10.3 Å². The van der Waals surface area contributed by atoms with Crippen LogP contribution in [0.25, 0.3) is 0 Å². The van der Waals surface area contributed by atoms with E-state index in [-0.39, 0.29) is 23.5 Å². The summed E-state index contributed by atoms with van der Waals surface area (Å²) in [6.07, 6.45) is 1.28. The van der Waals surface area contributed by atoms with E-state index >= 15 is 0 Å². The Morgan fingerprint density at radius 2 is 2.00 bits per heavy atom. The van der Waals surface area contributed by atoms with E-state index in [0.29, 0.717) is 6.07 Å². The van der Waals surface area contributed by atoms with E-state index in [0.717, 1.165) is 6.07 Å². The SMILES string of the molecule is CNc1nccc(C(=O)NCc2ccc(F)cc2F)c1F. The second kappa shape index (κ2) is 6.25. The Hall–Kier alpha value is -2.57. The number of amides is 1. The average Bonchev–Trinajstić information content (AvgIpc) is 2.46. The highest BCUT2D eigenvalue weighted by Crippen LogP contribution is 2.15.